The molecule has 2 aromatic carbocycles. The molecule has 5 rings (SSSR count). The van der Waals surface area contributed by atoms with E-state index in [0.717, 1.165) is 47.0 Å². The number of benzene rings is 2. The van der Waals surface area contributed by atoms with Crippen molar-refractivity contribution >= 4 is 40.1 Å². The predicted octanol–water partition coefficient (Wildman–Crippen LogP) is 4.78. The summed E-state index contributed by atoms with van der Waals surface area (Å²) >= 11 is 0. The first-order valence-corrected chi connectivity index (χ1v) is 11.6. The highest BCUT2D eigenvalue weighted by molar-refractivity contribution is 6.36. The number of anilines is 1. The number of aromatic nitrogens is 1. The minimum absolute atomic E-state index is 0.00211. The molecule has 2 amide bonds. The summed E-state index contributed by atoms with van der Waals surface area (Å²) in [7, 11) is 1.81. The van der Waals surface area contributed by atoms with Crippen LogP contribution >= 0.6 is 0 Å². The van der Waals surface area contributed by atoms with Crippen LogP contribution in [0.25, 0.3) is 22.6 Å². The molecule has 32 heavy (non-hydrogen) atoms. The van der Waals surface area contributed by atoms with Crippen molar-refractivity contribution in [3.63, 3.8) is 0 Å². The molecule has 3 aromatic rings. The largest absolute Gasteiger partial charge is 0.352 e. The van der Waals surface area contributed by atoms with E-state index in [1.807, 2.05) is 43.6 Å². The molecule has 0 bridgehead atoms. The van der Waals surface area contributed by atoms with Crippen molar-refractivity contribution in [1.82, 2.24) is 9.88 Å². The summed E-state index contributed by atoms with van der Waals surface area (Å²) < 4.78 is 2.06. The van der Waals surface area contributed by atoms with E-state index in [9.17, 15) is 9.59 Å². The smallest absolute Gasteiger partial charge is 0.258 e. The molecule has 164 valence electrons. The predicted molar refractivity (Wildman–Crippen MR) is 129 cm³/mol. The van der Waals surface area contributed by atoms with Crippen LogP contribution in [0.4, 0.5) is 5.69 Å². The molecule has 0 radical (unpaired) electrons. The zero-order chi connectivity index (χ0) is 22.2. The average Bonchev–Trinajstić information content (AvgIpc) is 3.49. The monoisotopic (exact) mass is 427 g/mol. The van der Waals surface area contributed by atoms with E-state index >= 15 is 0 Å². The Hall–Kier alpha value is -3.34. The standard InChI is InChI=1S/C27H29N3O2/c1-3-18-9-8-13-21-19(15-23-22-12-6-7-14-24(22)29(2)27(23)32)16-30(26(18)21)17-25(31)28-20-10-4-5-11-20/h6-9,12-16,20H,3-5,10-11,17H2,1-2H3,(H,28,31). The molecular weight excluding hydrogens is 398 g/mol. The summed E-state index contributed by atoms with van der Waals surface area (Å²) in [6, 6.07) is 14.4. The first-order chi connectivity index (χ1) is 15.6. The number of carbonyl (C=O) groups excluding carboxylic acids is 2. The van der Waals surface area contributed by atoms with Crippen molar-refractivity contribution in [3.8, 4) is 0 Å². The zero-order valence-corrected chi connectivity index (χ0v) is 18.7. The average molecular weight is 428 g/mol. The highest BCUT2D eigenvalue weighted by Crippen LogP contribution is 2.38. The van der Waals surface area contributed by atoms with Gasteiger partial charge in [0.05, 0.1) is 11.2 Å². The lowest BCUT2D eigenvalue weighted by Gasteiger charge is -2.13. The first kappa shape index (κ1) is 20.6. The molecule has 2 heterocycles. The number of nitrogens with one attached hydrogen (secondary N) is 1. The third kappa shape index (κ3) is 3.52. The number of rotatable bonds is 5. The van der Waals surface area contributed by atoms with Crippen LogP contribution in [-0.2, 0) is 22.6 Å². The second-order valence-electron chi connectivity index (χ2n) is 8.87. The van der Waals surface area contributed by atoms with E-state index in [2.05, 4.69) is 35.0 Å². The van der Waals surface area contributed by atoms with Gasteiger partial charge >= 0.3 is 0 Å². The maximum atomic E-state index is 13.0. The minimum atomic E-state index is -0.00211. The fourth-order valence-electron chi connectivity index (χ4n) is 5.18. The summed E-state index contributed by atoms with van der Waals surface area (Å²) in [6.45, 7) is 2.42. The van der Waals surface area contributed by atoms with Crippen molar-refractivity contribution in [2.75, 3.05) is 11.9 Å². The zero-order valence-electron chi connectivity index (χ0n) is 18.7. The van der Waals surface area contributed by atoms with Crippen LogP contribution in [0.5, 0.6) is 0 Å². The Bertz CT molecular complexity index is 1230. The lowest BCUT2D eigenvalue weighted by atomic mass is 10.0. The molecule has 5 nitrogen and oxygen atoms in total. The van der Waals surface area contributed by atoms with Crippen LogP contribution in [0.1, 0.15) is 49.3 Å². The van der Waals surface area contributed by atoms with Gasteiger partial charge in [0, 0.05) is 41.4 Å². The fourth-order valence-corrected chi connectivity index (χ4v) is 5.18. The topological polar surface area (TPSA) is 54.3 Å². The Morgan fingerprint density at radius 3 is 2.69 bits per heavy atom. The Labute approximate surface area is 188 Å². The molecule has 1 fully saturated rings. The molecule has 0 unspecified atom stereocenters. The molecule has 0 atom stereocenters. The second kappa shape index (κ2) is 8.30. The van der Waals surface area contributed by atoms with Crippen LogP contribution in [0.15, 0.2) is 48.7 Å². The Balaban J connectivity index is 1.56. The molecule has 0 spiro atoms. The molecular formula is C27H29N3O2. The normalized spacial score (nSPS) is 17.5. The van der Waals surface area contributed by atoms with Crippen molar-refractivity contribution in [1.29, 1.82) is 0 Å². The number of hydrogen-bond donors (Lipinski definition) is 1. The number of para-hydroxylation sites is 2. The van der Waals surface area contributed by atoms with E-state index in [1.165, 1.54) is 18.4 Å². The molecule has 1 aliphatic heterocycles. The highest BCUT2D eigenvalue weighted by atomic mass is 16.2. The maximum Gasteiger partial charge on any atom is 0.258 e. The van der Waals surface area contributed by atoms with E-state index < -0.39 is 0 Å². The second-order valence-corrected chi connectivity index (χ2v) is 8.87. The molecule has 0 saturated heterocycles. The Kier molecular flexibility index (Phi) is 5.33. The lowest BCUT2D eigenvalue weighted by molar-refractivity contribution is -0.122. The molecule has 1 N–H and O–H groups in total. The van der Waals surface area contributed by atoms with Gasteiger partial charge in [-0.05, 0) is 37.0 Å². The SMILES string of the molecule is CCc1cccc2c(C=C3C(=O)N(C)c4ccccc43)cn(CC(=O)NC3CCCC3)c12. The lowest BCUT2D eigenvalue weighted by Crippen LogP contribution is -2.35. The van der Waals surface area contributed by atoms with Crippen molar-refractivity contribution in [2.24, 2.45) is 0 Å². The molecule has 1 aromatic heterocycles. The fraction of sp³-hybridized carbons (Fsp3) is 0.333. The van der Waals surface area contributed by atoms with Gasteiger partial charge in [0.1, 0.15) is 6.54 Å². The van der Waals surface area contributed by atoms with Crippen LogP contribution in [0, 0.1) is 0 Å². The highest BCUT2D eigenvalue weighted by Gasteiger charge is 2.29. The third-order valence-corrected chi connectivity index (χ3v) is 6.82. The molecule has 1 aliphatic carbocycles. The quantitative estimate of drug-likeness (QED) is 0.596. The van der Waals surface area contributed by atoms with Gasteiger partial charge in [-0.3, -0.25) is 9.59 Å². The van der Waals surface area contributed by atoms with E-state index in [0.29, 0.717) is 11.6 Å². The third-order valence-electron chi connectivity index (χ3n) is 6.82. The molecule has 5 heteroatoms. The van der Waals surface area contributed by atoms with Gasteiger partial charge < -0.3 is 14.8 Å². The van der Waals surface area contributed by atoms with Crippen LogP contribution in [-0.4, -0.2) is 29.5 Å². The van der Waals surface area contributed by atoms with E-state index in [4.69, 9.17) is 0 Å². The van der Waals surface area contributed by atoms with Gasteiger partial charge in [-0.25, -0.2) is 0 Å². The van der Waals surface area contributed by atoms with Gasteiger partial charge in [0.2, 0.25) is 5.91 Å². The molecule has 1 saturated carbocycles. The number of hydrogen-bond acceptors (Lipinski definition) is 2. The van der Waals surface area contributed by atoms with Crippen LogP contribution < -0.4 is 10.2 Å². The van der Waals surface area contributed by atoms with Gasteiger partial charge in [0.15, 0.2) is 0 Å². The Morgan fingerprint density at radius 1 is 1.12 bits per heavy atom. The maximum absolute atomic E-state index is 13.0. The number of carbonyl (C=O) groups is 2. The summed E-state index contributed by atoms with van der Waals surface area (Å²) in [4.78, 5) is 27.5. The van der Waals surface area contributed by atoms with Gasteiger partial charge in [0.25, 0.3) is 5.91 Å². The number of amides is 2. The van der Waals surface area contributed by atoms with Crippen molar-refractivity contribution < 1.29 is 9.59 Å². The van der Waals surface area contributed by atoms with Gasteiger partial charge in [-0.2, -0.15) is 0 Å². The summed E-state index contributed by atoms with van der Waals surface area (Å²) in [5, 5.41) is 4.28. The number of aryl methyl sites for hydroxylation is 1. The van der Waals surface area contributed by atoms with Crippen molar-refractivity contribution in [2.45, 2.75) is 51.6 Å². The summed E-state index contributed by atoms with van der Waals surface area (Å²) in [6.07, 6.45) is 9.43. The number of fused-ring (bicyclic) bond motifs is 2. The van der Waals surface area contributed by atoms with Gasteiger partial charge in [-0.1, -0.05) is 56.2 Å². The number of nitrogens with zero attached hydrogens (tertiary/aromatic N) is 2. The van der Waals surface area contributed by atoms with E-state index in [1.54, 1.807) is 4.90 Å². The van der Waals surface area contributed by atoms with E-state index in [-0.39, 0.29) is 18.4 Å². The van der Waals surface area contributed by atoms with Crippen molar-refractivity contribution in [3.05, 3.63) is 65.4 Å². The van der Waals surface area contributed by atoms with Gasteiger partial charge in [-0.15, -0.1) is 0 Å². The van der Waals surface area contributed by atoms with Crippen LogP contribution in [0.3, 0.4) is 0 Å². The molecule has 2 aliphatic rings. The summed E-state index contributed by atoms with van der Waals surface area (Å²) in [5.41, 5.74) is 5.83. The number of likely N-dealkylation sites (N-methyl/N-ethyl adjacent to an activating group) is 1. The first-order valence-electron chi connectivity index (χ1n) is 11.6. The van der Waals surface area contributed by atoms with Crippen LogP contribution in [0.2, 0.25) is 0 Å². The summed E-state index contributed by atoms with van der Waals surface area (Å²) in [5.74, 6) is 0.0543. The minimum Gasteiger partial charge on any atom is -0.352 e. The Morgan fingerprint density at radius 2 is 1.91 bits per heavy atom.